The van der Waals surface area contributed by atoms with Gasteiger partial charge < -0.3 is 10.4 Å². The highest BCUT2D eigenvalue weighted by molar-refractivity contribution is 5.97. The zero-order valence-corrected chi connectivity index (χ0v) is 12.2. The summed E-state index contributed by atoms with van der Waals surface area (Å²) in [7, 11) is 0. The Kier molecular flexibility index (Phi) is 6.57. The first-order chi connectivity index (χ1) is 9.10. The SMILES string of the molecule is CCCC(CCO)CNC(=O)c1c(C)cccc1C. The van der Waals surface area contributed by atoms with Gasteiger partial charge in [0.1, 0.15) is 0 Å². The Balaban J connectivity index is 2.64. The molecular weight excluding hydrogens is 238 g/mol. The predicted molar refractivity (Wildman–Crippen MR) is 78.4 cm³/mol. The first kappa shape index (κ1) is 15.7. The van der Waals surface area contributed by atoms with E-state index in [1.807, 2.05) is 32.0 Å². The lowest BCUT2D eigenvalue weighted by Gasteiger charge is -2.17. The van der Waals surface area contributed by atoms with Crippen LogP contribution < -0.4 is 5.32 Å². The molecule has 19 heavy (non-hydrogen) atoms. The van der Waals surface area contributed by atoms with Gasteiger partial charge in [0, 0.05) is 18.7 Å². The molecule has 1 aromatic carbocycles. The van der Waals surface area contributed by atoms with Crippen LogP contribution >= 0.6 is 0 Å². The summed E-state index contributed by atoms with van der Waals surface area (Å²) in [5, 5.41) is 12.0. The van der Waals surface area contributed by atoms with Gasteiger partial charge >= 0.3 is 0 Å². The van der Waals surface area contributed by atoms with Gasteiger partial charge in [-0.1, -0.05) is 31.5 Å². The Labute approximate surface area is 116 Å². The molecule has 1 aromatic rings. The lowest BCUT2D eigenvalue weighted by molar-refractivity contribution is 0.0941. The van der Waals surface area contributed by atoms with Gasteiger partial charge in [-0.3, -0.25) is 4.79 Å². The molecule has 3 nitrogen and oxygen atoms in total. The number of carbonyl (C=O) groups is 1. The van der Waals surface area contributed by atoms with Crippen molar-refractivity contribution in [2.45, 2.75) is 40.0 Å². The van der Waals surface area contributed by atoms with E-state index in [0.29, 0.717) is 12.5 Å². The second kappa shape index (κ2) is 7.95. The molecule has 1 atom stereocenters. The Morgan fingerprint density at radius 3 is 2.42 bits per heavy atom. The third-order valence-electron chi connectivity index (χ3n) is 3.49. The first-order valence-corrected chi connectivity index (χ1v) is 7.05. The lowest BCUT2D eigenvalue weighted by atomic mass is 9.99. The van der Waals surface area contributed by atoms with E-state index in [0.717, 1.165) is 36.0 Å². The molecule has 0 aliphatic heterocycles. The van der Waals surface area contributed by atoms with E-state index in [2.05, 4.69) is 12.2 Å². The maximum absolute atomic E-state index is 12.2. The maximum atomic E-state index is 12.2. The van der Waals surface area contributed by atoms with Crippen LogP contribution in [0.25, 0.3) is 0 Å². The first-order valence-electron chi connectivity index (χ1n) is 7.05. The molecule has 0 heterocycles. The van der Waals surface area contributed by atoms with Gasteiger partial charge in [-0.25, -0.2) is 0 Å². The van der Waals surface area contributed by atoms with Crippen LogP contribution in [0.1, 0.15) is 47.7 Å². The fourth-order valence-electron chi connectivity index (χ4n) is 2.44. The number of aryl methyl sites for hydroxylation is 2. The highest BCUT2D eigenvalue weighted by Gasteiger charge is 2.14. The minimum atomic E-state index is -0.00496. The summed E-state index contributed by atoms with van der Waals surface area (Å²) in [5.74, 6) is 0.359. The van der Waals surface area contributed by atoms with Crippen molar-refractivity contribution in [1.82, 2.24) is 5.32 Å². The van der Waals surface area contributed by atoms with Crippen LogP contribution in [0.2, 0.25) is 0 Å². The van der Waals surface area contributed by atoms with Crippen LogP contribution in [0.15, 0.2) is 18.2 Å². The van der Waals surface area contributed by atoms with Crippen molar-refractivity contribution in [3.05, 3.63) is 34.9 Å². The van der Waals surface area contributed by atoms with Crippen LogP contribution in [0.4, 0.5) is 0 Å². The minimum absolute atomic E-state index is 0.00496. The van der Waals surface area contributed by atoms with Gasteiger partial charge in [-0.15, -0.1) is 0 Å². The number of aliphatic hydroxyl groups excluding tert-OH is 1. The number of hydrogen-bond acceptors (Lipinski definition) is 2. The van der Waals surface area contributed by atoms with Gasteiger partial charge in [0.25, 0.3) is 5.91 Å². The van der Waals surface area contributed by atoms with Crippen molar-refractivity contribution < 1.29 is 9.90 Å². The summed E-state index contributed by atoms with van der Waals surface area (Å²) in [6, 6.07) is 5.88. The number of carbonyl (C=O) groups excluding carboxylic acids is 1. The molecule has 0 bridgehead atoms. The van der Waals surface area contributed by atoms with Crippen molar-refractivity contribution in [2.24, 2.45) is 5.92 Å². The van der Waals surface area contributed by atoms with Crippen LogP contribution in [-0.4, -0.2) is 24.2 Å². The zero-order chi connectivity index (χ0) is 14.3. The quantitative estimate of drug-likeness (QED) is 0.794. The molecule has 0 saturated heterocycles. The molecule has 106 valence electrons. The summed E-state index contributed by atoms with van der Waals surface area (Å²) in [4.78, 5) is 12.2. The van der Waals surface area contributed by atoms with Crippen LogP contribution in [0.3, 0.4) is 0 Å². The molecule has 1 amide bonds. The molecule has 0 aliphatic rings. The second-order valence-corrected chi connectivity index (χ2v) is 5.14. The van der Waals surface area contributed by atoms with E-state index < -0.39 is 0 Å². The summed E-state index contributed by atoms with van der Waals surface area (Å²) < 4.78 is 0. The Hall–Kier alpha value is -1.35. The third-order valence-corrected chi connectivity index (χ3v) is 3.49. The second-order valence-electron chi connectivity index (χ2n) is 5.14. The molecular formula is C16H25NO2. The lowest BCUT2D eigenvalue weighted by Crippen LogP contribution is -2.30. The predicted octanol–water partition coefficient (Wildman–Crippen LogP) is 2.83. The highest BCUT2D eigenvalue weighted by atomic mass is 16.3. The van der Waals surface area contributed by atoms with Gasteiger partial charge in [-0.2, -0.15) is 0 Å². The van der Waals surface area contributed by atoms with E-state index in [1.54, 1.807) is 0 Å². The van der Waals surface area contributed by atoms with Gasteiger partial charge in [-0.05, 0) is 43.7 Å². The van der Waals surface area contributed by atoms with Crippen LogP contribution in [0, 0.1) is 19.8 Å². The smallest absolute Gasteiger partial charge is 0.251 e. The van der Waals surface area contributed by atoms with Gasteiger partial charge in [0.15, 0.2) is 0 Å². The average Bonchev–Trinajstić information content (AvgIpc) is 2.36. The highest BCUT2D eigenvalue weighted by Crippen LogP contribution is 2.14. The summed E-state index contributed by atoms with van der Waals surface area (Å²) in [5.41, 5.74) is 2.79. The van der Waals surface area contributed by atoms with Crippen LogP contribution in [0.5, 0.6) is 0 Å². The average molecular weight is 263 g/mol. The number of amides is 1. The van der Waals surface area contributed by atoms with E-state index in [-0.39, 0.29) is 12.5 Å². The molecule has 3 heteroatoms. The zero-order valence-electron chi connectivity index (χ0n) is 12.2. The molecule has 1 unspecified atom stereocenters. The molecule has 1 rings (SSSR count). The largest absolute Gasteiger partial charge is 0.396 e. The van der Waals surface area contributed by atoms with Gasteiger partial charge in [0.05, 0.1) is 0 Å². The van der Waals surface area contributed by atoms with Crippen molar-refractivity contribution in [2.75, 3.05) is 13.2 Å². The molecule has 2 N–H and O–H groups in total. The van der Waals surface area contributed by atoms with Crippen molar-refractivity contribution in [1.29, 1.82) is 0 Å². The Morgan fingerprint density at radius 2 is 1.89 bits per heavy atom. The van der Waals surface area contributed by atoms with Gasteiger partial charge in [0.2, 0.25) is 0 Å². The molecule has 0 spiro atoms. The fraction of sp³-hybridized carbons (Fsp3) is 0.562. The number of nitrogens with one attached hydrogen (secondary N) is 1. The van der Waals surface area contributed by atoms with Crippen molar-refractivity contribution >= 4 is 5.91 Å². The number of hydrogen-bond donors (Lipinski definition) is 2. The molecule has 0 aliphatic carbocycles. The Morgan fingerprint density at radius 1 is 1.26 bits per heavy atom. The molecule has 0 saturated carbocycles. The van der Waals surface area contributed by atoms with E-state index in [9.17, 15) is 4.79 Å². The van der Waals surface area contributed by atoms with Crippen molar-refractivity contribution in [3.8, 4) is 0 Å². The molecule has 0 fully saturated rings. The van der Waals surface area contributed by atoms with E-state index >= 15 is 0 Å². The van der Waals surface area contributed by atoms with E-state index in [4.69, 9.17) is 5.11 Å². The van der Waals surface area contributed by atoms with Crippen LogP contribution in [-0.2, 0) is 0 Å². The summed E-state index contributed by atoms with van der Waals surface area (Å²) in [6.45, 7) is 6.86. The summed E-state index contributed by atoms with van der Waals surface area (Å²) in [6.07, 6.45) is 2.86. The van der Waals surface area contributed by atoms with E-state index in [1.165, 1.54) is 0 Å². The number of aliphatic hydroxyl groups is 1. The maximum Gasteiger partial charge on any atom is 0.251 e. The topological polar surface area (TPSA) is 49.3 Å². The number of rotatable bonds is 7. The monoisotopic (exact) mass is 263 g/mol. The molecule has 0 radical (unpaired) electrons. The Bertz CT molecular complexity index is 389. The standard InChI is InChI=1S/C16H25NO2/c1-4-6-14(9-10-18)11-17-16(19)15-12(2)7-5-8-13(15)3/h5,7-8,14,18H,4,6,9-11H2,1-3H3,(H,17,19). The normalized spacial score (nSPS) is 12.2. The number of benzene rings is 1. The van der Waals surface area contributed by atoms with Crippen molar-refractivity contribution in [3.63, 3.8) is 0 Å². The third kappa shape index (κ3) is 4.67. The molecule has 0 aromatic heterocycles. The summed E-state index contributed by atoms with van der Waals surface area (Å²) >= 11 is 0. The fourth-order valence-corrected chi connectivity index (χ4v) is 2.44. The minimum Gasteiger partial charge on any atom is -0.396 e.